The van der Waals surface area contributed by atoms with Crippen LogP contribution in [0.2, 0.25) is 0 Å². The number of nitrogens with zero attached hydrogens (tertiary/aromatic N) is 1. The Hall–Kier alpha value is -2.82. The van der Waals surface area contributed by atoms with Crippen molar-refractivity contribution in [3.63, 3.8) is 0 Å². The third-order valence-electron chi connectivity index (χ3n) is 4.40. The van der Waals surface area contributed by atoms with Crippen molar-refractivity contribution in [1.29, 1.82) is 0 Å². The number of hydrogen-bond donors (Lipinski definition) is 1. The number of cyclic esters (lactones) is 1. The summed E-state index contributed by atoms with van der Waals surface area (Å²) in [6.45, 7) is 0.884. The maximum Gasteiger partial charge on any atom is 0.414 e. The van der Waals surface area contributed by atoms with Crippen molar-refractivity contribution in [2.75, 3.05) is 23.4 Å². The maximum absolute atomic E-state index is 12.4. The number of nitrogens with one attached hydrogen (secondary N) is 1. The molecule has 1 aliphatic carbocycles. The van der Waals surface area contributed by atoms with Crippen LogP contribution in [0, 0.1) is 0 Å². The molecule has 1 aliphatic heterocycles. The summed E-state index contributed by atoms with van der Waals surface area (Å²) in [6, 6.07) is 15.0. The van der Waals surface area contributed by atoms with Crippen LogP contribution >= 0.6 is 0 Å². The molecule has 4 rings (SSSR count). The van der Waals surface area contributed by atoms with Crippen LogP contribution in [0.5, 0.6) is 0 Å². The Balaban J connectivity index is 1.48. The van der Waals surface area contributed by atoms with Crippen LogP contribution in [-0.4, -0.2) is 25.2 Å². The predicted molar refractivity (Wildman–Crippen MR) is 91.5 cm³/mol. The van der Waals surface area contributed by atoms with E-state index in [1.54, 1.807) is 24.3 Å². The quantitative estimate of drug-likeness (QED) is 0.932. The lowest BCUT2D eigenvalue weighted by Crippen LogP contribution is -2.23. The van der Waals surface area contributed by atoms with Crippen molar-refractivity contribution in [2.24, 2.45) is 0 Å². The van der Waals surface area contributed by atoms with Crippen LogP contribution in [-0.2, 0) is 4.74 Å². The standard InChI is InChI=1S/C19H18N2O3/c22-18(20-16-8-6-14(7-9-16)13-4-5-13)15-2-1-3-17(12-15)21-10-11-24-19(21)23/h1-3,6-9,12-13H,4-5,10-11H2,(H,20,22). The van der Waals surface area contributed by atoms with Crippen molar-refractivity contribution in [1.82, 2.24) is 0 Å². The Morgan fingerprint density at radius 3 is 2.58 bits per heavy atom. The predicted octanol–water partition coefficient (Wildman–Crippen LogP) is 3.77. The number of anilines is 2. The molecular weight excluding hydrogens is 304 g/mol. The highest BCUT2D eigenvalue weighted by atomic mass is 16.6. The highest BCUT2D eigenvalue weighted by Gasteiger charge is 2.24. The Morgan fingerprint density at radius 2 is 1.92 bits per heavy atom. The van der Waals surface area contributed by atoms with Crippen LogP contribution in [0.3, 0.4) is 0 Å². The minimum absolute atomic E-state index is 0.191. The van der Waals surface area contributed by atoms with E-state index in [1.165, 1.54) is 23.3 Å². The fourth-order valence-electron chi connectivity index (χ4n) is 2.90. The molecular formula is C19H18N2O3. The van der Waals surface area contributed by atoms with E-state index in [1.807, 2.05) is 12.1 Å². The van der Waals surface area contributed by atoms with Gasteiger partial charge in [-0.25, -0.2) is 4.79 Å². The first-order chi connectivity index (χ1) is 11.7. The second-order valence-electron chi connectivity index (χ2n) is 6.17. The number of amides is 2. The number of benzene rings is 2. The normalized spacial score (nSPS) is 16.8. The van der Waals surface area contributed by atoms with Gasteiger partial charge in [0.1, 0.15) is 6.61 Å². The zero-order chi connectivity index (χ0) is 16.5. The molecule has 1 heterocycles. The Labute approximate surface area is 140 Å². The molecule has 0 radical (unpaired) electrons. The first-order valence-corrected chi connectivity index (χ1v) is 8.16. The largest absolute Gasteiger partial charge is 0.447 e. The Morgan fingerprint density at radius 1 is 1.12 bits per heavy atom. The van der Waals surface area contributed by atoms with Gasteiger partial charge in [0, 0.05) is 16.9 Å². The highest BCUT2D eigenvalue weighted by molar-refractivity contribution is 6.05. The minimum Gasteiger partial charge on any atom is -0.447 e. The van der Waals surface area contributed by atoms with Crippen LogP contribution in [0.15, 0.2) is 48.5 Å². The molecule has 5 heteroatoms. The van der Waals surface area contributed by atoms with E-state index >= 15 is 0 Å². The SMILES string of the molecule is O=C(Nc1ccc(C2CC2)cc1)c1cccc(N2CCOC2=O)c1. The molecule has 0 spiro atoms. The molecule has 2 fully saturated rings. The summed E-state index contributed by atoms with van der Waals surface area (Å²) in [5.41, 5.74) is 3.30. The van der Waals surface area contributed by atoms with Gasteiger partial charge in [0.15, 0.2) is 0 Å². The Bertz CT molecular complexity index is 781. The average molecular weight is 322 g/mol. The molecule has 0 aromatic heterocycles. The lowest BCUT2D eigenvalue weighted by atomic mass is 10.1. The molecule has 5 nitrogen and oxygen atoms in total. The second kappa shape index (κ2) is 6.00. The van der Waals surface area contributed by atoms with E-state index in [0.29, 0.717) is 30.3 Å². The first-order valence-electron chi connectivity index (χ1n) is 8.16. The fourth-order valence-corrected chi connectivity index (χ4v) is 2.90. The minimum atomic E-state index is -0.372. The van der Waals surface area contributed by atoms with Crippen molar-refractivity contribution in [2.45, 2.75) is 18.8 Å². The summed E-state index contributed by atoms with van der Waals surface area (Å²) in [5, 5.41) is 2.90. The molecule has 122 valence electrons. The molecule has 2 aromatic carbocycles. The number of rotatable bonds is 4. The fraction of sp³-hybridized carbons (Fsp3) is 0.263. The summed E-state index contributed by atoms with van der Waals surface area (Å²) in [4.78, 5) is 25.6. The van der Waals surface area contributed by atoms with Gasteiger partial charge >= 0.3 is 6.09 Å². The molecule has 1 saturated heterocycles. The molecule has 2 aliphatic rings. The number of hydrogen-bond acceptors (Lipinski definition) is 3. The van der Waals surface area contributed by atoms with E-state index in [9.17, 15) is 9.59 Å². The van der Waals surface area contributed by atoms with E-state index in [-0.39, 0.29) is 12.0 Å². The van der Waals surface area contributed by atoms with Crippen molar-refractivity contribution >= 4 is 23.4 Å². The van der Waals surface area contributed by atoms with Crippen LogP contribution in [0.25, 0.3) is 0 Å². The zero-order valence-electron chi connectivity index (χ0n) is 13.2. The summed E-state index contributed by atoms with van der Waals surface area (Å²) >= 11 is 0. The lowest BCUT2D eigenvalue weighted by Gasteiger charge is -2.14. The van der Waals surface area contributed by atoms with E-state index in [4.69, 9.17) is 4.74 Å². The van der Waals surface area contributed by atoms with Gasteiger partial charge in [0.25, 0.3) is 5.91 Å². The van der Waals surface area contributed by atoms with E-state index in [2.05, 4.69) is 17.4 Å². The van der Waals surface area contributed by atoms with Crippen molar-refractivity contribution < 1.29 is 14.3 Å². The maximum atomic E-state index is 12.4. The molecule has 0 bridgehead atoms. The molecule has 1 saturated carbocycles. The van der Waals surface area contributed by atoms with Gasteiger partial charge in [0.05, 0.1) is 6.54 Å². The molecule has 24 heavy (non-hydrogen) atoms. The molecule has 1 N–H and O–H groups in total. The van der Waals surface area contributed by atoms with Crippen LogP contribution in [0.4, 0.5) is 16.2 Å². The van der Waals surface area contributed by atoms with E-state index in [0.717, 1.165) is 5.69 Å². The van der Waals surface area contributed by atoms with Gasteiger partial charge in [-0.05, 0) is 54.7 Å². The van der Waals surface area contributed by atoms with Gasteiger partial charge in [-0.3, -0.25) is 9.69 Å². The van der Waals surface area contributed by atoms with Gasteiger partial charge in [-0.15, -0.1) is 0 Å². The molecule has 0 atom stereocenters. The monoisotopic (exact) mass is 322 g/mol. The molecule has 2 amide bonds. The highest BCUT2D eigenvalue weighted by Crippen LogP contribution is 2.40. The third-order valence-corrected chi connectivity index (χ3v) is 4.40. The topological polar surface area (TPSA) is 58.6 Å². The van der Waals surface area contributed by atoms with Crippen molar-refractivity contribution in [3.05, 3.63) is 59.7 Å². The van der Waals surface area contributed by atoms with Crippen LogP contribution < -0.4 is 10.2 Å². The zero-order valence-corrected chi connectivity index (χ0v) is 13.2. The van der Waals surface area contributed by atoms with Crippen molar-refractivity contribution in [3.8, 4) is 0 Å². The Kier molecular flexibility index (Phi) is 3.69. The number of carbonyl (C=O) groups excluding carboxylic acids is 2. The smallest absolute Gasteiger partial charge is 0.414 e. The van der Waals surface area contributed by atoms with E-state index < -0.39 is 0 Å². The lowest BCUT2D eigenvalue weighted by molar-refractivity contribution is 0.102. The number of ether oxygens (including phenoxy) is 1. The summed E-state index contributed by atoms with van der Waals surface area (Å²) in [5.74, 6) is 0.509. The summed E-state index contributed by atoms with van der Waals surface area (Å²) in [6.07, 6.45) is 2.15. The van der Waals surface area contributed by atoms with Crippen LogP contribution in [0.1, 0.15) is 34.7 Å². The molecule has 0 unspecified atom stereocenters. The van der Waals surface area contributed by atoms with Gasteiger partial charge < -0.3 is 10.1 Å². The third kappa shape index (κ3) is 2.97. The summed E-state index contributed by atoms with van der Waals surface area (Å²) < 4.78 is 4.94. The van der Waals surface area contributed by atoms with Gasteiger partial charge in [-0.2, -0.15) is 0 Å². The average Bonchev–Trinajstić information content (AvgIpc) is 3.37. The first kappa shape index (κ1) is 14.8. The summed E-state index contributed by atoms with van der Waals surface area (Å²) in [7, 11) is 0. The second-order valence-corrected chi connectivity index (χ2v) is 6.17. The van der Waals surface area contributed by atoms with Gasteiger partial charge in [-0.1, -0.05) is 18.2 Å². The molecule has 2 aromatic rings. The number of carbonyl (C=O) groups is 2. The van der Waals surface area contributed by atoms with Gasteiger partial charge in [0.2, 0.25) is 0 Å².